The minimum atomic E-state index is 0.529. The monoisotopic (exact) mass is 209 g/mol. The summed E-state index contributed by atoms with van der Waals surface area (Å²) < 4.78 is 0. The summed E-state index contributed by atoms with van der Waals surface area (Å²) in [5.74, 6) is 2.24. The predicted molar refractivity (Wildman–Crippen MR) is 63.7 cm³/mol. The lowest BCUT2D eigenvalue weighted by atomic mass is 9.86. The Bertz CT molecular complexity index is 254. The summed E-state index contributed by atoms with van der Waals surface area (Å²) in [6, 6.07) is 0. The molecule has 3 N–H and O–H groups in total. The van der Waals surface area contributed by atoms with E-state index in [0.29, 0.717) is 11.4 Å². The second-order valence-corrected chi connectivity index (χ2v) is 5.79. The molecule has 86 valence electrons. The molecule has 2 aliphatic carbocycles. The molecule has 0 aromatic rings. The highest BCUT2D eigenvalue weighted by Gasteiger charge is 2.44. The first-order chi connectivity index (χ1) is 7.08. The Morgan fingerprint density at radius 3 is 2.60 bits per heavy atom. The van der Waals surface area contributed by atoms with Crippen LogP contribution in [-0.4, -0.2) is 19.0 Å². The van der Waals surface area contributed by atoms with Gasteiger partial charge in [0, 0.05) is 13.1 Å². The zero-order valence-electron chi connectivity index (χ0n) is 9.92. The number of aliphatic imine (C=N–C) groups is 1. The van der Waals surface area contributed by atoms with Gasteiger partial charge in [-0.3, -0.25) is 4.99 Å². The Labute approximate surface area is 92.5 Å². The van der Waals surface area contributed by atoms with Gasteiger partial charge < -0.3 is 11.1 Å². The molecule has 0 aromatic heterocycles. The van der Waals surface area contributed by atoms with E-state index in [0.717, 1.165) is 24.9 Å². The smallest absolute Gasteiger partial charge is 0.188 e. The number of nitrogens with two attached hydrogens (primary N) is 1. The lowest BCUT2D eigenvalue weighted by Crippen LogP contribution is -2.34. The van der Waals surface area contributed by atoms with Crippen molar-refractivity contribution in [1.29, 1.82) is 0 Å². The zero-order valence-corrected chi connectivity index (χ0v) is 9.92. The maximum Gasteiger partial charge on any atom is 0.188 e. The summed E-state index contributed by atoms with van der Waals surface area (Å²) in [5.41, 5.74) is 6.33. The standard InChI is InChI=1S/C12H23N3/c1-12(2)6-10(12)8-15-11(13)14-7-9-4-3-5-9/h9-10H,3-8H2,1-2H3,(H3,13,14,15). The molecule has 1 unspecified atom stereocenters. The van der Waals surface area contributed by atoms with Gasteiger partial charge in [0.15, 0.2) is 5.96 Å². The van der Waals surface area contributed by atoms with Crippen LogP contribution in [0.2, 0.25) is 0 Å². The van der Waals surface area contributed by atoms with Crippen LogP contribution in [0.25, 0.3) is 0 Å². The van der Waals surface area contributed by atoms with Gasteiger partial charge in [-0.25, -0.2) is 0 Å². The van der Waals surface area contributed by atoms with E-state index >= 15 is 0 Å². The quantitative estimate of drug-likeness (QED) is 0.547. The van der Waals surface area contributed by atoms with Crippen molar-refractivity contribution in [3.05, 3.63) is 0 Å². The van der Waals surface area contributed by atoms with Crippen molar-refractivity contribution in [3.8, 4) is 0 Å². The molecule has 0 bridgehead atoms. The number of hydrogen-bond donors (Lipinski definition) is 2. The van der Waals surface area contributed by atoms with Crippen LogP contribution in [0.5, 0.6) is 0 Å². The van der Waals surface area contributed by atoms with E-state index in [2.05, 4.69) is 24.2 Å². The minimum absolute atomic E-state index is 0.529. The molecule has 2 rings (SSSR count). The van der Waals surface area contributed by atoms with Crippen molar-refractivity contribution in [2.45, 2.75) is 39.5 Å². The summed E-state index contributed by atoms with van der Waals surface area (Å²) in [6.07, 6.45) is 5.37. The third kappa shape index (κ3) is 2.86. The number of guanidine groups is 1. The molecule has 2 fully saturated rings. The van der Waals surface area contributed by atoms with Crippen LogP contribution in [0.1, 0.15) is 39.5 Å². The Kier molecular flexibility index (Phi) is 2.89. The molecule has 15 heavy (non-hydrogen) atoms. The molecule has 0 spiro atoms. The molecular formula is C12H23N3. The molecule has 0 radical (unpaired) electrons. The summed E-state index contributed by atoms with van der Waals surface area (Å²) in [7, 11) is 0. The maximum absolute atomic E-state index is 5.80. The Balaban J connectivity index is 1.61. The number of rotatable bonds is 4. The van der Waals surface area contributed by atoms with Crippen molar-refractivity contribution in [2.24, 2.45) is 28.0 Å². The van der Waals surface area contributed by atoms with Crippen molar-refractivity contribution >= 4 is 5.96 Å². The lowest BCUT2D eigenvalue weighted by molar-refractivity contribution is 0.326. The third-order valence-corrected chi connectivity index (χ3v) is 3.99. The molecule has 0 aliphatic heterocycles. The average Bonchev–Trinajstić information content (AvgIpc) is 2.68. The fourth-order valence-corrected chi connectivity index (χ4v) is 2.11. The van der Waals surface area contributed by atoms with Crippen molar-refractivity contribution < 1.29 is 0 Å². The second-order valence-electron chi connectivity index (χ2n) is 5.79. The molecule has 0 heterocycles. The van der Waals surface area contributed by atoms with Crippen LogP contribution in [0.4, 0.5) is 0 Å². The van der Waals surface area contributed by atoms with E-state index in [9.17, 15) is 0 Å². The Morgan fingerprint density at radius 1 is 1.47 bits per heavy atom. The number of nitrogens with zero attached hydrogens (tertiary/aromatic N) is 1. The first kappa shape index (κ1) is 10.8. The molecule has 3 heteroatoms. The van der Waals surface area contributed by atoms with Gasteiger partial charge >= 0.3 is 0 Å². The molecule has 2 aliphatic rings. The normalized spacial score (nSPS) is 29.7. The van der Waals surface area contributed by atoms with Gasteiger partial charge in [-0.2, -0.15) is 0 Å². The summed E-state index contributed by atoms with van der Waals surface area (Å²) in [6.45, 7) is 6.53. The van der Waals surface area contributed by atoms with E-state index < -0.39 is 0 Å². The van der Waals surface area contributed by atoms with Crippen LogP contribution < -0.4 is 11.1 Å². The van der Waals surface area contributed by atoms with Gasteiger partial charge in [-0.05, 0) is 36.5 Å². The van der Waals surface area contributed by atoms with Crippen LogP contribution in [0.15, 0.2) is 4.99 Å². The van der Waals surface area contributed by atoms with E-state index in [1.807, 2.05) is 0 Å². The Hall–Kier alpha value is -0.730. The summed E-state index contributed by atoms with van der Waals surface area (Å²) >= 11 is 0. The summed E-state index contributed by atoms with van der Waals surface area (Å²) in [4.78, 5) is 4.38. The molecule has 1 atom stereocenters. The zero-order chi connectivity index (χ0) is 10.9. The van der Waals surface area contributed by atoms with Crippen LogP contribution >= 0.6 is 0 Å². The molecule has 0 saturated heterocycles. The molecule has 0 aromatic carbocycles. The van der Waals surface area contributed by atoms with Gasteiger partial charge in [-0.1, -0.05) is 20.3 Å². The maximum atomic E-state index is 5.80. The SMILES string of the molecule is CC1(C)CC1CNC(N)=NCC1CCC1. The second kappa shape index (κ2) is 4.03. The highest BCUT2D eigenvalue weighted by Crippen LogP contribution is 2.50. The largest absolute Gasteiger partial charge is 0.370 e. The average molecular weight is 209 g/mol. The van der Waals surface area contributed by atoms with E-state index in [1.54, 1.807) is 0 Å². The Morgan fingerprint density at radius 2 is 2.13 bits per heavy atom. The van der Waals surface area contributed by atoms with E-state index in [-0.39, 0.29) is 0 Å². The summed E-state index contributed by atoms with van der Waals surface area (Å²) in [5, 5.41) is 3.23. The highest BCUT2D eigenvalue weighted by atomic mass is 15.1. The van der Waals surface area contributed by atoms with Gasteiger partial charge in [0.05, 0.1) is 0 Å². The van der Waals surface area contributed by atoms with E-state index in [1.165, 1.54) is 25.7 Å². The lowest BCUT2D eigenvalue weighted by Gasteiger charge is -2.23. The molecular weight excluding hydrogens is 186 g/mol. The van der Waals surface area contributed by atoms with Crippen molar-refractivity contribution in [3.63, 3.8) is 0 Å². The topological polar surface area (TPSA) is 50.4 Å². The van der Waals surface area contributed by atoms with Gasteiger partial charge in [0.1, 0.15) is 0 Å². The first-order valence-electron chi connectivity index (χ1n) is 6.12. The fraction of sp³-hybridized carbons (Fsp3) is 0.917. The van der Waals surface area contributed by atoms with Crippen molar-refractivity contribution in [1.82, 2.24) is 5.32 Å². The third-order valence-electron chi connectivity index (χ3n) is 3.99. The molecule has 0 amide bonds. The minimum Gasteiger partial charge on any atom is -0.370 e. The van der Waals surface area contributed by atoms with Crippen LogP contribution in [0, 0.1) is 17.3 Å². The van der Waals surface area contributed by atoms with Gasteiger partial charge in [0.25, 0.3) is 0 Å². The first-order valence-corrected chi connectivity index (χ1v) is 6.12. The highest BCUT2D eigenvalue weighted by molar-refractivity contribution is 5.77. The van der Waals surface area contributed by atoms with Gasteiger partial charge in [-0.15, -0.1) is 0 Å². The van der Waals surface area contributed by atoms with Crippen molar-refractivity contribution in [2.75, 3.05) is 13.1 Å². The number of hydrogen-bond acceptors (Lipinski definition) is 1. The van der Waals surface area contributed by atoms with Gasteiger partial charge in [0.2, 0.25) is 0 Å². The molecule has 2 saturated carbocycles. The van der Waals surface area contributed by atoms with E-state index in [4.69, 9.17) is 5.73 Å². The van der Waals surface area contributed by atoms with Crippen LogP contribution in [0.3, 0.4) is 0 Å². The number of nitrogens with one attached hydrogen (secondary N) is 1. The van der Waals surface area contributed by atoms with Crippen LogP contribution in [-0.2, 0) is 0 Å². The predicted octanol–water partition coefficient (Wildman–Crippen LogP) is 1.74. The molecule has 3 nitrogen and oxygen atoms in total. The fourth-order valence-electron chi connectivity index (χ4n) is 2.11.